The molecule has 25 heavy (non-hydrogen) atoms. The van der Waals surface area contributed by atoms with E-state index in [2.05, 4.69) is 23.5 Å². The van der Waals surface area contributed by atoms with Crippen LogP contribution in [0.4, 0.5) is 15.8 Å². The highest BCUT2D eigenvalue weighted by molar-refractivity contribution is 7.92. The lowest BCUT2D eigenvalue weighted by atomic mass is 10.1. The van der Waals surface area contributed by atoms with Gasteiger partial charge in [-0.05, 0) is 62.4 Å². The zero-order valence-electron chi connectivity index (χ0n) is 14.1. The van der Waals surface area contributed by atoms with Gasteiger partial charge in [0.15, 0.2) is 0 Å². The third-order valence-corrected chi connectivity index (χ3v) is 5.61. The molecule has 0 saturated carbocycles. The first kappa shape index (κ1) is 17.7. The van der Waals surface area contributed by atoms with Crippen LogP contribution in [0.1, 0.15) is 13.8 Å². The van der Waals surface area contributed by atoms with Gasteiger partial charge in [0.2, 0.25) is 0 Å². The topological polar surface area (TPSA) is 58.6 Å². The average Bonchev–Trinajstić information content (AvgIpc) is 2.56. The second kappa shape index (κ2) is 7.01. The Balaban J connectivity index is 1.77. The zero-order valence-corrected chi connectivity index (χ0v) is 15.0. The molecule has 0 bridgehead atoms. The van der Waals surface area contributed by atoms with Gasteiger partial charge in [0.1, 0.15) is 5.82 Å². The molecule has 1 heterocycles. The molecular weight excluding hydrogens is 343 g/mol. The van der Waals surface area contributed by atoms with Crippen LogP contribution in [0.15, 0.2) is 53.4 Å². The van der Waals surface area contributed by atoms with Crippen LogP contribution in [0.5, 0.6) is 0 Å². The Hall–Kier alpha value is -2.12. The van der Waals surface area contributed by atoms with Crippen LogP contribution in [0, 0.1) is 5.82 Å². The first-order valence-corrected chi connectivity index (χ1v) is 9.60. The third kappa shape index (κ3) is 3.93. The number of ether oxygens (including phenoxy) is 1. The molecule has 1 fully saturated rings. The molecule has 0 radical (unpaired) electrons. The number of sulfonamides is 1. The molecule has 0 aromatic heterocycles. The normalized spacial score (nSPS) is 21.2. The van der Waals surface area contributed by atoms with Crippen molar-refractivity contribution in [1.82, 2.24) is 0 Å². The number of morpholine rings is 1. The highest BCUT2D eigenvalue weighted by Crippen LogP contribution is 2.26. The Morgan fingerprint density at radius 1 is 1.00 bits per heavy atom. The molecule has 1 N–H and O–H groups in total. The van der Waals surface area contributed by atoms with Gasteiger partial charge in [-0.1, -0.05) is 0 Å². The maximum Gasteiger partial charge on any atom is 0.261 e. The van der Waals surface area contributed by atoms with Crippen molar-refractivity contribution >= 4 is 21.4 Å². The fourth-order valence-corrected chi connectivity index (χ4v) is 4.10. The molecule has 2 atom stereocenters. The standard InChI is InChI=1S/C18H21FN2O3S/c1-13-11-24-12-14(2)21(13)17-7-5-16(6-8-17)20-25(22,23)18-9-3-15(19)4-10-18/h3-10,13-14,20H,11-12H2,1-2H3. The molecule has 0 spiro atoms. The molecular formula is C18H21FN2O3S. The van der Waals surface area contributed by atoms with Gasteiger partial charge in [-0.3, -0.25) is 4.72 Å². The number of benzene rings is 2. The number of nitrogens with zero attached hydrogens (tertiary/aromatic N) is 1. The van der Waals surface area contributed by atoms with E-state index in [4.69, 9.17) is 4.74 Å². The smallest absolute Gasteiger partial charge is 0.261 e. The Labute approximate surface area is 147 Å². The minimum atomic E-state index is -3.74. The lowest BCUT2D eigenvalue weighted by Gasteiger charge is -2.40. The maximum absolute atomic E-state index is 13.0. The Morgan fingerprint density at radius 3 is 2.12 bits per heavy atom. The highest BCUT2D eigenvalue weighted by Gasteiger charge is 2.25. The second-order valence-corrected chi connectivity index (χ2v) is 7.93. The van der Waals surface area contributed by atoms with E-state index in [0.717, 1.165) is 17.8 Å². The summed E-state index contributed by atoms with van der Waals surface area (Å²) in [5, 5.41) is 0. The largest absolute Gasteiger partial charge is 0.377 e. The van der Waals surface area contributed by atoms with Gasteiger partial charge in [0.05, 0.1) is 18.1 Å². The number of anilines is 2. The molecule has 2 aromatic carbocycles. The second-order valence-electron chi connectivity index (χ2n) is 6.25. The first-order valence-electron chi connectivity index (χ1n) is 8.11. The minimum Gasteiger partial charge on any atom is -0.377 e. The van der Waals surface area contributed by atoms with Crippen molar-refractivity contribution < 1.29 is 17.5 Å². The van der Waals surface area contributed by atoms with Crippen LogP contribution in [-0.4, -0.2) is 33.7 Å². The van der Waals surface area contributed by atoms with E-state index in [1.165, 1.54) is 12.1 Å². The lowest BCUT2D eigenvalue weighted by Crippen LogP contribution is -2.49. The SMILES string of the molecule is CC1COCC(C)N1c1ccc(NS(=O)(=O)c2ccc(F)cc2)cc1. The van der Waals surface area contributed by atoms with Gasteiger partial charge in [0.25, 0.3) is 10.0 Å². The van der Waals surface area contributed by atoms with Crippen molar-refractivity contribution in [3.63, 3.8) is 0 Å². The van der Waals surface area contributed by atoms with E-state index in [1.807, 2.05) is 12.1 Å². The van der Waals surface area contributed by atoms with E-state index in [-0.39, 0.29) is 17.0 Å². The summed E-state index contributed by atoms with van der Waals surface area (Å²) in [5.74, 6) is -0.475. The zero-order chi connectivity index (χ0) is 18.0. The molecule has 5 nitrogen and oxygen atoms in total. The summed E-state index contributed by atoms with van der Waals surface area (Å²) < 4.78 is 45.7. The molecule has 134 valence electrons. The lowest BCUT2D eigenvalue weighted by molar-refractivity contribution is 0.0757. The van der Waals surface area contributed by atoms with Crippen molar-refractivity contribution in [2.75, 3.05) is 22.8 Å². The van der Waals surface area contributed by atoms with Crippen molar-refractivity contribution in [3.05, 3.63) is 54.3 Å². The van der Waals surface area contributed by atoms with Gasteiger partial charge < -0.3 is 9.64 Å². The molecule has 3 rings (SSSR count). The van der Waals surface area contributed by atoms with Gasteiger partial charge in [-0.15, -0.1) is 0 Å². The molecule has 1 saturated heterocycles. The Kier molecular flexibility index (Phi) is 4.96. The fraction of sp³-hybridized carbons (Fsp3) is 0.333. The number of halogens is 1. The Morgan fingerprint density at radius 2 is 1.56 bits per heavy atom. The summed E-state index contributed by atoms with van der Waals surface area (Å²) in [5.41, 5.74) is 1.48. The number of hydrogen-bond donors (Lipinski definition) is 1. The minimum absolute atomic E-state index is 0.0217. The predicted molar refractivity (Wildman–Crippen MR) is 95.9 cm³/mol. The maximum atomic E-state index is 13.0. The molecule has 1 aliphatic heterocycles. The molecule has 0 amide bonds. The molecule has 1 aliphatic rings. The van der Waals surface area contributed by atoms with E-state index in [0.29, 0.717) is 18.9 Å². The van der Waals surface area contributed by atoms with Crippen LogP contribution in [0.3, 0.4) is 0 Å². The number of rotatable bonds is 4. The summed E-state index contributed by atoms with van der Waals surface area (Å²) in [6, 6.07) is 12.5. The Bertz CT molecular complexity index is 812. The van der Waals surface area contributed by atoms with Gasteiger partial charge >= 0.3 is 0 Å². The average molecular weight is 364 g/mol. The summed E-state index contributed by atoms with van der Waals surface area (Å²) in [6.07, 6.45) is 0. The summed E-state index contributed by atoms with van der Waals surface area (Å²) in [4.78, 5) is 2.29. The molecule has 2 aromatic rings. The fourth-order valence-electron chi connectivity index (χ4n) is 3.04. The third-order valence-electron chi connectivity index (χ3n) is 4.21. The summed E-state index contributed by atoms with van der Waals surface area (Å²) >= 11 is 0. The molecule has 0 aliphatic carbocycles. The number of hydrogen-bond acceptors (Lipinski definition) is 4. The van der Waals surface area contributed by atoms with E-state index in [9.17, 15) is 12.8 Å². The summed E-state index contributed by atoms with van der Waals surface area (Å²) in [7, 11) is -3.74. The van der Waals surface area contributed by atoms with Crippen molar-refractivity contribution in [3.8, 4) is 0 Å². The van der Waals surface area contributed by atoms with Crippen molar-refractivity contribution in [1.29, 1.82) is 0 Å². The van der Waals surface area contributed by atoms with Crippen LogP contribution in [0.25, 0.3) is 0 Å². The highest BCUT2D eigenvalue weighted by atomic mass is 32.2. The van der Waals surface area contributed by atoms with E-state index >= 15 is 0 Å². The predicted octanol–water partition coefficient (Wildman–Crippen LogP) is 3.24. The van der Waals surface area contributed by atoms with Crippen LogP contribution >= 0.6 is 0 Å². The van der Waals surface area contributed by atoms with Crippen LogP contribution in [-0.2, 0) is 14.8 Å². The van der Waals surface area contributed by atoms with Crippen LogP contribution in [0.2, 0.25) is 0 Å². The monoisotopic (exact) mass is 364 g/mol. The summed E-state index contributed by atoms with van der Waals surface area (Å²) in [6.45, 7) is 5.54. The number of nitrogens with one attached hydrogen (secondary N) is 1. The molecule has 2 unspecified atom stereocenters. The van der Waals surface area contributed by atoms with Gasteiger partial charge in [0, 0.05) is 23.5 Å². The quantitative estimate of drug-likeness (QED) is 0.905. The van der Waals surface area contributed by atoms with Gasteiger partial charge in [-0.2, -0.15) is 0 Å². The first-order chi connectivity index (χ1) is 11.9. The van der Waals surface area contributed by atoms with Crippen LogP contribution < -0.4 is 9.62 Å². The van der Waals surface area contributed by atoms with E-state index < -0.39 is 15.8 Å². The van der Waals surface area contributed by atoms with E-state index in [1.54, 1.807) is 12.1 Å². The van der Waals surface area contributed by atoms with Crippen molar-refractivity contribution in [2.24, 2.45) is 0 Å². The molecule has 7 heteroatoms. The van der Waals surface area contributed by atoms with Crippen molar-refractivity contribution in [2.45, 2.75) is 30.8 Å². The van der Waals surface area contributed by atoms with Gasteiger partial charge in [-0.25, -0.2) is 12.8 Å².